The summed E-state index contributed by atoms with van der Waals surface area (Å²) in [4.78, 5) is 14.9. The molecule has 0 spiro atoms. The summed E-state index contributed by atoms with van der Waals surface area (Å²) in [6.07, 6.45) is 4.62. The maximum atomic E-state index is 14.1. The Morgan fingerprint density at radius 2 is 1.66 bits per heavy atom. The van der Waals surface area contributed by atoms with Crippen LogP contribution in [0.15, 0.2) is 53.4 Å². The Morgan fingerprint density at radius 3 is 2.28 bits per heavy atom. The SMILES string of the molecule is O=C(c1ccc(S(=O)(=O)N2CCCCC2)cc1)N(Cc1ccccc1F)C1CC1. The van der Waals surface area contributed by atoms with E-state index in [0.29, 0.717) is 24.2 Å². The van der Waals surface area contributed by atoms with Crippen LogP contribution in [0.4, 0.5) is 4.39 Å². The molecule has 1 aliphatic carbocycles. The van der Waals surface area contributed by atoms with E-state index in [9.17, 15) is 17.6 Å². The first-order valence-electron chi connectivity index (χ1n) is 10.1. The number of piperidine rings is 1. The van der Waals surface area contributed by atoms with Crippen molar-refractivity contribution in [1.82, 2.24) is 9.21 Å². The van der Waals surface area contributed by atoms with Crippen LogP contribution in [0.2, 0.25) is 0 Å². The second kappa shape index (κ2) is 8.24. The number of amides is 1. The minimum atomic E-state index is -3.52. The summed E-state index contributed by atoms with van der Waals surface area (Å²) < 4.78 is 41.1. The Bertz CT molecular complexity index is 981. The zero-order valence-corrected chi connectivity index (χ0v) is 17.1. The maximum absolute atomic E-state index is 14.1. The van der Waals surface area contributed by atoms with Crippen LogP contribution < -0.4 is 0 Å². The molecule has 1 aliphatic heterocycles. The lowest BCUT2D eigenvalue weighted by atomic mass is 10.1. The number of carbonyl (C=O) groups excluding carboxylic acids is 1. The van der Waals surface area contributed by atoms with E-state index < -0.39 is 10.0 Å². The first kappa shape index (κ1) is 20.0. The smallest absolute Gasteiger partial charge is 0.254 e. The number of halogens is 1. The van der Waals surface area contributed by atoms with Gasteiger partial charge < -0.3 is 4.90 Å². The average Bonchev–Trinajstić information content (AvgIpc) is 3.59. The zero-order valence-electron chi connectivity index (χ0n) is 16.3. The molecule has 2 aliphatic rings. The van der Waals surface area contributed by atoms with Crippen molar-refractivity contribution in [3.8, 4) is 0 Å². The predicted octanol–water partition coefficient (Wildman–Crippen LogP) is 3.81. The van der Waals surface area contributed by atoms with Crippen molar-refractivity contribution in [3.63, 3.8) is 0 Å². The normalized spacial score (nSPS) is 17.8. The fourth-order valence-electron chi connectivity index (χ4n) is 3.75. The van der Waals surface area contributed by atoms with Crippen LogP contribution in [-0.4, -0.2) is 42.7 Å². The van der Waals surface area contributed by atoms with Crippen LogP contribution in [0.25, 0.3) is 0 Å². The molecule has 2 aromatic carbocycles. The lowest BCUT2D eigenvalue weighted by Gasteiger charge is -2.26. The lowest BCUT2D eigenvalue weighted by molar-refractivity contribution is 0.0728. The van der Waals surface area contributed by atoms with Crippen molar-refractivity contribution < 1.29 is 17.6 Å². The van der Waals surface area contributed by atoms with E-state index in [1.807, 2.05) is 0 Å². The molecule has 5 nitrogen and oxygen atoms in total. The zero-order chi connectivity index (χ0) is 20.4. The van der Waals surface area contributed by atoms with E-state index in [0.717, 1.165) is 32.1 Å². The van der Waals surface area contributed by atoms with Gasteiger partial charge in [0.15, 0.2) is 0 Å². The Hall–Kier alpha value is -2.25. The summed E-state index contributed by atoms with van der Waals surface area (Å²) in [5.41, 5.74) is 0.905. The largest absolute Gasteiger partial charge is 0.331 e. The average molecular weight is 417 g/mol. The molecule has 1 heterocycles. The van der Waals surface area contributed by atoms with Crippen molar-refractivity contribution in [2.45, 2.75) is 49.6 Å². The highest BCUT2D eigenvalue weighted by Gasteiger charge is 2.34. The van der Waals surface area contributed by atoms with E-state index in [2.05, 4.69) is 0 Å². The molecule has 0 unspecified atom stereocenters. The summed E-state index contributed by atoms with van der Waals surface area (Å²) >= 11 is 0. The molecular weight excluding hydrogens is 391 g/mol. The Labute approximate surface area is 171 Å². The third kappa shape index (κ3) is 4.36. The van der Waals surface area contributed by atoms with Crippen molar-refractivity contribution >= 4 is 15.9 Å². The molecule has 1 amide bonds. The first-order valence-corrected chi connectivity index (χ1v) is 11.6. The van der Waals surface area contributed by atoms with E-state index >= 15 is 0 Å². The van der Waals surface area contributed by atoms with E-state index in [1.165, 1.54) is 22.5 Å². The minimum absolute atomic E-state index is 0.110. The molecule has 0 radical (unpaired) electrons. The van der Waals surface area contributed by atoms with Crippen molar-refractivity contribution in [1.29, 1.82) is 0 Å². The van der Waals surface area contributed by atoms with Gasteiger partial charge in [-0.3, -0.25) is 4.79 Å². The van der Waals surface area contributed by atoms with Gasteiger partial charge in [0, 0.05) is 36.8 Å². The molecule has 29 heavy (non-hydrogen) atoms. The molecular formula is C22H25FN2O3S. The molecule has 154 valence electrons. The molecule has 0 aromatic heterocycles. The molecule has 0 N–H and O–H groups in total. The fraction of sp³-hybridized carbons (Fsp3) is 0.409. The highest BCUT2D eigenvalue weighted by atomic mass is 32.2. The molecule has 2 fully saturated rings. The molecule has 4 rings (SSSR count). The second-order valence-corrected chi connectivity index (χ2v) is 9.68. The van der Waals surface area contributed by atoms with Gasteiger partial charge in [0.25, 0.3) is 5.91 Å². The van der Waals surface area contributed by atoms with Crippen LogP contribution in [0.1, 0.15) is 48.0 Å². The van der Waals surface area contributed by atoms with Gasteiger partial charge >= 0.3 is 0 Å². The molecule has 1 saturated heterocycles. The van der Waals surface area contributed by atoms with Gasteiger partial charge in [0.2, 0.25) is 10.0 Å². The van der Waals surface area contributed by atoms with Gasteiger partial charge in [-0.25, -0.2) is 12.8 Å². The molecule has 0 atom stereocenters. The van der Waals surface area contributed by atoms with Crippen molar-refractivity contribution in [2.75, 3.05) is 13.1 Å². The van der Waals surface area contributed by atoms with Crippen LogP contribution in [0.5, 0.6) is 0 Å². The Balaban J connectivity index is 1.53. The first-order chi connectivity index (χ1) is 14.0. The monoisotopic (exact) mass is 416 g/mol. The van der Waals surface area contributed by atoms with Gasteiger partial charge in [-0.2, -0.15) is 4.31 Å². The van der Waals surface area contributed by atoms with E-state index in [1.54, 1.807) is 35.2 Å². The summed E-state index contributed by atoms with van der Waals surface area (Å²) in [5.74, 6) is -0.522. The molecule has 0 bridgehead atoms. The van der Waals surface area contributed by atoms with Crippen LogP contribution in [-0.2, 0) is 16.6 Å². The molecule has 1 saturated carbocycles. The van der Waals surface area contributed by atoms with Gasteiger partial charge in [-0.15, -0.1) is 0 Å². The number of nitrogens with zero attached hydrogens (tertiary/aromatic N) is 2. The van der Waals surface area contributed by atoms with Crippen LogP contribution >= 0.6 is 0 Å². The molecule has 2 aromatic rings. The molecule has 7 heteroatoms. The Kier molecular flexibility index (Phi) is 5.69. The standard InChI is InChI=1S/C22H25FN2O3S/c23-21-7-3-2-6-18(21)16-25(19-10-11-19)22(26)17-8-12-20(13-9-17)29(27,28)24-14-4-1-5-15-24/h2-3,6-9,12-13,19H,1,4-5,10-11,14-16H2. The van der Waals surface area contributed by atoms with E-state index in [4.69, 9.17) is 0 Å². The highest BCUT2D eigenvalue weighted by Crippen LogP contribution is 2.30. The minimum Gasteiger partial charge on any atom is -0.331 e. The second-order valence-electron chi connectivity index (χ2n) is 7.74. The van der Waals surface area contributed by atoms with Crippen molar-refractivity contribution in [2.24, 2.45) is 0 Å². The van der Waals surface area contributed by atoms with Crippen molar-refractivity contribution in [3.05, 3.63) is 65.5 Å². The highest BCUT2D eigenvalue weighted by molar-refractivity contribution is 7.89. The van der Waals surface area contributed by atoms with Crippen LogP contribution in [0.3, 0.4) is 0 Å². The number of carbonyl (C=O) groups is 1. The van der Waals surface area contributed by atoms with Gasteiger partial charge in [0.05, 0.1) is 4.90 Å². The van der Waals surface area contributed by atoms with Crippen LogP contribution in [0, 0.1) is 5.82 Å². The summed E-state index contributed by atoms with van der Waals surface area (Å²) in [5, 5.41) is 0. The topological polar surface area (TPSA) is 57.7 Å². The third-order valence-corrected chi connectivity index (χ3v) is 7.51. The number of sulfonamides is 1. The summed E-state index contributed by atoms with van der Waals surface area (Å²) in [7, 11) is -3.52. The summed E-state index contributed by atoms with van der Waals surface area (Å²) in [6.45, 7) is 1.30. The maximum Gasteiger partial charge on any atom is 0.254 e. The quantitative estimate of drug-likeness (QED) is 0.720. The lowest BCUT2D eigenvalue weighted by Crippen LogP contribution is -2.35. The fourth-order valence-corrected chi connectivity index (χ4v) is 5.27. The summed E-state index contributed by atoms with van der Waals surface area (Å²) in [6, 6.07) is 12.7. The van der Waals surface area contributed by atoms with E-state index in [-0.39, 0.29) is 29.2 Å². The number of rotatable bonds is 6. The number of hydrogen-bond acceptors (Lipinski definition) is 3. The number of benzene rings is 2. The number of hydrogen-bond donors (Lipinski definition) is 0. The predicted molar refractivity (Wildman–Crippen MR) is 108 cm³/mol. The van der Waals surface area contributed by atoms with Gasteiger partial charge in [-0.05, 0) is 56.0 Å². The third-order valence-electron chi connectivity index (χ3n) is 5.60. The van der Waals surface area contributed by atoms with Gasteiger partial charge in [0.1, 0.15) is 5.82 Å². The Morgan fingerprint density at radius 1 is 1.00 bits per heavy atom. The van der Waals surface area contributed by atoms with Gasteiger partial charge in [-0.1, -0.05) is 24.6 Å².